The Bertz CT molecular complexity index is 3610. The van der Waals surface area contributed by atoms with Gasteiger partial charge in [0.2, 0.25) is 0 Å². The standard InChI is InChI=1S/C92H118O14/c1-5-9-13-17-23-35-63-97-73-49-53-75(54-50-73)103-91(95)81-59-57-77(99-65-37-25-19-15-11-7-3)69-85(81)105-87(93)45-29-21-27-39-67-101-83-61-47-71-41-31-33-43-79(71)89(83)90-80-44-34-32-42-72(80)48-62-84(90)102-68-40-28-22-30-46-88(94)106-86-70-78(100-66-38-26-20-16-12-8-4)58-60-82(86)92(96)104-76-55-51-74(52-56-76)98-64-36-24-18-14-10-6-2/h31-34,41-44,47-62,69-70H,5-30,35-40,45-46,63-68H2,1-4H3. The van der Waals surface area contributed by atoms with Crippen molar-refractivity contribution in [3.63, 3.8) is 0 Å². The van der Waals surface area contributed by atoms with E-state index in [-0.39, 0.29) is 35.5 Å². The number of hydrogen-bond acceptors (Lipinski definition) is 14. The molecule has 0 aliphatic carbocycles. The van der Waals surface area contributed by atoms with Gasteiger partial charge < -0.3 is 47.4 Å². The molecule has 0 N–H and O–H groups in total. The summed E-state index contributed by atoms with van der Waals surface area (Å²) >= 11 is 0. The maximum absolute atomic E-state index is 13.8. The Morgan fingerprint density at radius 2 is 0.528 bits per heavy atom. The second-order valence-electron chi connectivity index (χ2n) is 27.8. The molecule has 0 heterocycles. The summed E-state index contributed by atoms with van der Waals surface area (Å²) in [6.45, 7) is 12.0. The molecule has 0 saturated carbocycles. The maximum Gasteiger partial charge on any atom is 0.347 e. The number of benzene rings is 8. The Morgan fingerprint density at radius 3 is 0.877 bits per heavy atom. The van der Waals surface area contributed by atoms with Crippen LogP contribution in [0, 0.1) is 0 Å². The van der Waals surface area contributed by atoms with Crippen molar-refractivity contribution in [3.8, 4) is 68.6 Å². The van der Waals surface area contributed by atoms with Crippen molar-refractivity contribution in [2.75, 3.05) is 39.6 Å². The highest BCUT2D eigenvalue weighted by molar-refractivity contribution is 6.10. The van der Waals surface area contributed by atoms with Crippen LogP contribution in [0.1, 0.15) is 267 Å². The normalized spacial score (nSPS) is 11.2. The van der Waals surface area contributed by atoms with Gasteiger partial charge in [0.05, 0.1) is 39.6 Å². The van der Waals surface area contributed by atoms with E-state index in [1.54, 1.807) is 84.9 Å². The highest BCUT2D eigenvalue weighted by Gasteiger charge is 2.23. The zero-order valence-electron chi connectivity index (χ0n) is 64.0. The average molecular weight is 1450 g/mol. The molecule has 0 aliphatic heterocycles. The third-order valence-corrected chi connectivity index (χ3v) is 19.0. The summed E-state index contributed by atoms with van der Waals surface area (Å²) in [7, 11) is 0. The second kappa shape index (κ2) is 48.9. The molecule has 14 nitrogen and oxygen atoms in total. The Kier molecular flexibility index (Phi) is 38.1. The van der Waals surface area contributed by atoms with Crippen LogP contribution < -0.4 is 47.4 Å². The summed E-state index contributed by atoms with van der Waals surface area (Å²) < 4.78 is 61.2. The first-order chi connectivity index (χ1) is 52.1. The molecule has 14 heteroatoms. The molecular formula is C92H118O14. The van der Waals surface area contributed by atoms with Crippen LogP contribution in [0.15, 0.2) is 158 Å². The zero-order chi connectivity index (χ0) is 74.4. The number of carbonyl (C=O) groups excluding carboxylic acids is 4. The molecule has 8 aromatic rings. The number of fused-ring (bicyclic) bond motifs is 2. The van der Waals surface area contributed by atoms with E-state index in [9.17, 15) is 19.2 Å². The molecule has 8 aromatic carbocycles. The molecule has 0 amide bonds. The minimum atomic E-state index is -0.642. The molecule has 0 aliphatic rings. The summed E-state index contributed by atoms with van der Waals surface area (Å²) in [6.07, 6.45) is 33.8. The van der Waals surface area contributed by atoms with Gasteiger partial charge in [0.15, 0.2) is 0 Å². The van der Waals surface area contributed by atoms with Crippen molar-refractivity contribution in [3.05, 3.63) is 169 Å². The lowest BCUT2D eigenvalue weighted by Gasteiger charge is -2.20. The fourth-order valence-corrected chi connectivity index (χ4v) is 12.9. The first kappa shape index (κ1) is 82.6. The van der Waals surface area contributed by atoms with Crippen LogP contribution in [-0.2, 0) is 9.59 Å². The van der Waals surface area contributed by atoms with Crippen LogP contribution in [0.3, 0.4) is 0 Å². The second-order valence-corrected chi connectivity index (χ2v) is 27.8. The Balaban J connectivity index is 0.826. The van der Waals surface area contributed by atoms with Crippen LogP contribution in [0.4, 0.5) is 0 Å². The molecule has 0 atom stereocenters. The number of ether oxygens (including phenoxy) is 10. The summed E-state index contributed by atoms with van der Waals surface area (Å²) in [6, 6.07) is 48.9. The molecule has 0 fully saturated rings. The third kappa shape index (κ3) is 29.4. The van der Waals surface area contributed by atoms with Gasteiger partial charge in [0, 0.05) is 36.1 Å². The van der Waals surface area contributed by atoms with E-state index >= 15 is 0 Å². The van der Waals surface area contributed by atoms with Gasteiger partial charge in [-0.15, -0.1) is 0 Å². The summed E-state index contributed by atoms with van der Waals surface area (Å²) in [5.41, 5.74) is 2.17. The van der Waals surface area contributed by atoms with Gasteiger partial charge >= 0.3 is 23.9 Å². The summed E-state index contributed by atoms with van der Waals surface area (Å²) in [5.74, 6) is 2.69. The van der Waals surface area contributed by atoms with Crippen molar-refractivity contribution in [2.24, 2.45) is 0 Å². The quantitative estimate of drug-likeness (QED) is 0.0201. The highest BCUT2D eigenvalue weighted by Crippen LogP contribution is 2.46. The van der Waals surface area contributed by atoms with E-state index in [0.29, 0.717) is 87.0 Å². The first-order valence-electron chi connectivity index (χ1n) is 40.3. The molecular weight excluding hydrogens is 1330 g/mol. The molecule has 106 heavy (non-hydrogen) atoms. The number of unbranched alkanes of at least 4 members (excludes halogenated alkanes) is 26. The lowest BCUT2D eigenvalue weighted by Crippen LogP contribution is -2.14. The van der Waals surface area contributed by atoms with Crippen molar-refractivity contribution in [1.29, 1.82) is 0 Å². The van der Waals surface area contributed by atoms with Crippen LogP contribution in [0.25, 0.3) is 32.7 Å². The van der Waals surface area contributed by atoms with E-state index in [0.717, 1.165) is 147 Å². The molecule has 0 saturated heterocycles. The minimum absolute atomic E-state index is 0.102. The monoisotopic (exact) mass is 1450 g/mol. The van der Waals surface area contributed by atoms with Crippen LogP contribution in [0.5, 0.6) is 57.5 Å². The minimum Gasteiger partial charge on any atom is -0.494 e. The van der Waals surface area contributed by atoms with Gasteiger partial charge in [-0.3, -0.25) is 9.59 Å². The van der Waals surface area contributed by atoms with Gasteiger partial charge in [-0.05, 0) is 158 Å². The van der Waals surface area contributed by atoms with Crippen molar-refractivity contribution >= 4 is 45.4 Å². The Labute approximate surface area is 631 Å². The number of esters is 4. The Hall–Kier alpha value is -9.04. The van der Waals surface area contributed by atoms with E-state index in [1.165, 1.54) is 89.9 Å². The van der Waals surface area contributed by atoms with Crippen molar-refractivity contribution in [2.45, 2.75) is 246 Å². The SMILES string of the molecule is CCCCCCCCOc1ccc(OC(=O)c2ccc(OCCCCCCCC)cc2OC(=O)CCCCCCOc2ccc3ccccc3c2-c2c(OCCCCCCC(=O)Oc3cc(OCCCCCCCC)ccc3C(=O)Oc3ccc(OCCCCCCCC)cc3)ccc3ccccc23)cc1. The fourth-order valence-electron chi connectivity index (χ4n) is 12.9. The van der Waals surface area contributed by atoms with Gasteiger partial charge in [-0.1, -0.05) is 242 Å². The largest absolute Gasteiger partial charge is 0.494 e. The van der Waals surface area contributed by atoms with Gasteiger partial charge in [0.25, 0.3) is 0 Å². The smallest absolute Gasteiger partial charge is 0.347 e. The highest BCUT2D eigenvalue weighted by atomic mass is 16.6. The van der Waals surface area contributed by atoms with E-state index in [2.05, 4.69) is 76.2 Å². The van der Waals surface area contributed by atoms with Crippen LogP contribution in [-0.4, -0.2) is 63.5 Å². The van der Waals surface area contributed by atoms with E-state index in [1.807, 2.05) is 24.3 Å². The number of carbonyl (C=O) groups is 4. The molecule has 8 rings (SSSR count). The number of hydrogen-bond donors (Lipinski definition) is 0. The van der Waals surface area contributed by atoms with Gasteiger partial charge in [-0.2, -0.15) is 0 Å². The molecule has 0 aromatic heterocycles. The summed E-state index contributed by atoms with van der Waals surface area (Å²) in [5, 5.41) is 4.24. The maximum atomic E-state index is 13.8. The van der Waals surface area contributed by atoms with Crippen LogP contribution in [0.2, 0.25) is 0 Å². The summed E-state index contributed by atoms with van der Waals surface area (Å²) in [4.78, 5) is 54.7. The fraction of sp³-hybridized carbons (Fsp3) is 0.478. The topological polar surface area (TPSA) is 161 Å². The molecule has 570 valence electrons. The first-order valence-corrected chi connectivity index (χ1v) is 40.3. The number of rotatable bonds is 55. The van der Waals surface area contributed by atoms with Crippen LogP contribution >= 0.6 is 0 Å². The van der Waals surface area contributed by atoms with E-state index in [4.69, 9.17) is 47.4 Å². The van der Waals surface area contributed by atoms with Gasteiger partial charge in [-0.25, -0.2) is 9.59 Å². The molecule has 0 unspecified atom stereocenters. The predicted molar refractivity (Wildman–Crippen MR) is 426 cm³/mol. The lowest BCUT2D eigenvalue weighted by atomic mass is 9.92. The molecule has 0 radical (unpaired) electrons. The van der Waals surface area contributed by atoms with Gasteiger partial charge in [0.1, 0.15) is 68.6 Å². The van der Waals surface area contributed by atoms with Crippen molar-refractivity contribution in [1.82, 2.24) is 0 Å². The zero-order valence-corrected chi connectivity index (χ0v) is 64.0. The molecule has 0 bridgehead atoms. The lowest BCUT2D eigenvalue weighted by molar-refractivity contribution is -0.135. The predicted octanol–water partition coefficient (Wildman–Crippen LogP) is 24.9. The van der Waals surface area contributed by atoms with Crippen molar-refractivity contribution < 1.29 is 66.5 Å². The third-order valence-electron chi connectivity index (χ3n) is 19.0. The average Bonchev–Trinajstić information content (AvgIpc) is 0.752. The van der Waals surface area contributed by atoms with E-state index < -0.39 is 23.9 Å². The Morgan fingerprint density at radius 1 is 0.245 bits per heavy atom. The molecule has 0 spiro atoms.